The number of hydrogen-bond acceptors (Lipinski definition) is 3. The fraction of sp³-hybridized carbons (Fsp3) is 0.375. The van der Waals surface area contributed by atoms with Crippen LogP contribution >= 0.6 is 0 Å². The second-order valence-electron chi connectivity index (χ2n) is 4.00. The van der Waals surface area contributed by atoms with Crippen molar-refractivity contribution in [2.75, 3.05) is 6.61 Å². The number of carbonyl (C=O) groups excluding carboxylic acids is 2. The Morgan fingerprint density at radius 2 is 1.95 bits per heavy atom. The van der Waals surface area contributed by atoms with Crippen LogP contribution < -0.4 is 0 Å². The molecule has 0 bridgehead atoms. The summed E-state index contributed by atoms with van der Waals surface area (Å²) >= 11 is 0. The molecule has 0 aromatic heterocycles. The minimum absolute atomic E-state index is 0.197. The van der Waals surface area contributed by atoms with Crippen molar-refractivity contribution >= 4 is 11.8 Å². The molecule has 0 fully saturated rings. The summed E-state index contributed by atoms with van der Waals surface area (Å²) in [4.78, 5) is 24.2. The van der Waals surface area contributed by atoms with E-state index in [0.717, 1.165) is 0 Å². The molecule has 0 aliphatic carbocycles. The summed E-state index contributed by atoms with van der Waals surface area (Å²) in [6.07, 6.45) is 0.909. The highest BCUT2D eigenvalue weighted by Gasteiger charge is 2.28. The molecule has 19 heavy (non-hydrogen) atoms. The number of Topliss-reactive ketones (excluding diaryl/α,β-unsaturated/α-hetero) is 1. The fourth-order valence-corrected chi connectivity index (χ4v) is 1.74. The summed E-state index contributed by atoms with van der Waals surface area (Å²) in [5.74, 6) is 4.21. The quantitative estimate of drug-likeness (QED) is 0.341. The Morgan fingerprint density at radius 1 is 1.26 bits per heavy atom. The van der Waals surface area contributed by atoms with E-state index in [1.54, 1.807) is 38.1 Å². The van der Waals surface area contributed by atoms with Crippen molar-refractivity contribution in [1.29, 1.82) is 0 Å². The van der Waals surface area contributed by atoms with Gasteiger partial charge in [0.25, 0.3) is 0 Å². The minimum Gasteiger partial charge on any atom is -0.465 e. The van der Waals surface area contributed by atoms with Crippen molar-refractivity contribution in [2.45, 2.75) is 26.7 Å². The minimum atomic E-state index is -0.761. The highest BCUT2D eigenvalue weighted by Crippen LogP contribution is 2.16. The molecule has 0 amide bonds. The molecule has 1 aromatic carbocycles. The zero-order valence-corrected chi connectivity index (χ0v) is 11.3. The lowest BCUT2D eigenvalue weighted by atomic mass is 9.93. The predicted octanol–water partition coefficient (Wildman–Crippen LogP) is 2.85. The molecule has 3 heteroatoms. The zero-order valence-electron chi connectivity index (χ0n) is 11.3. The molecule has 0 radical (unpaired) electrons. The summed E-state index contributed by atoms with van der Waals surface area (Å²) < 4.78 is 4.97. The normalized spacial score (nSPS) is 11.1. The van der Waals surface area contributed by atoms with Gasteiger partial charge in [-0.3, -0.25) is 9.59 Å². The van der Waals surface area contributed by atoms with Crippen LogP contribution in [-0.2, 0) is 9.53 Å². The van der Waals surface area contributed by atoms with Crippen LogP contribution in [0.25, 0.3) is 0 Å². The van der Waals surface area contributed by atoms with Crippen molar-refractivity contribution in [1.82, 2.24) is 0 Å². The molecule has 1 unspecified atom stereocenters. The van der Waals surface area contributed by atoms with Gasteiger partial charge in [0.2, 0.25) is 0 Å². The Labute approximate surface area is 114 Å². The second kappa shape index (κ2) is 8.10. The number of carbonyl (C=O) groups is 2. The molecule has 0 aliphatic rings. The number of ketones is 1. The van der Waals surface area contributed by atoms with Crippen LogP contribution in [0.2, 0.25) is 0 Å². The van der Waals surface area contributed by atoms with Crippen LogP contribution in [0.3, 0.4) is 0 Å². The first-order valence-corrected chi connectivity index (χ1v) is 6.36. The van der Waals surface area contributed by atoms with E-state index in [0.29, 0.717) is 18.4 Å². The van der Waals surface area contributed by atoms with Crippen molar-refractivity contribution in [3.05, 3.63) is 35.9 Å². The lowest BCUT2D eigenvalue weighted by Gasteiger charge is -2.13. The van der Waals surface area contributed by atoms with Crippen molar-refractivity contribution in [2.24, 2.45) is 5.92 Å². The fourth-order valence-electron chi connectivity index (χ4n) is 1.74. The van der Waals surface area contributed by atoms with Gasteiger partial charge in [0.15, 0.2) is 5.78 Å². The van der Waals surface area contributed by atoms with Crippen LogP contribution in [-0.4, -0.2) is 18.4 Å². The molecule has 3 nitrogen and oxygen atoms in total. The standard InChI is InChI=1S/C16H18O3/c1-3-5-7-12-14(16(18)19-4-2)15(17)13-10-8-6-9-11-13/h6,8-11,14H,4,7,12H2,1-2H3. The third-order valence-corrected chi connectivity index (χ3v) is 2.68. The third-order valence-electron chi connectivity index (χ3n) is 2.68. The largest absolute Gasteiger partial charge is 0.465 e. The smallest absolute Gasteiger partial charge is 0.316 e. The van der Waals surface area contributed by atoms with Gasteiger partial charge in [-0.25, -0.2) is 0 Å². The lowest BCUT2D eigenvalue weighted by molar-refractivity contribution is -0.146. The summed E-state index contributed by atoms with van der Waals surface area (Å²) in [5, 5.41) is 0. The predicted molar refractivity (Wildman–Crippen MR) is 73.6 cm³/mol. The number of ether oxygens (including phenoxy) is 1. The van der Waals surface area contributed by atoms with E-state index in [9.17, 15) is 9.59 Å². The SMILES string of the molecule is CC#CCCC(C(=O)OCC)C(=O)c1ccccc1. The zero-order chi connectivity index (χ0) is 14.1. The Morgan fingerprint density at radius 3 is 2.53 bits per heavy atom. The number of rotatable bonds is 6. The van der Waals surface area contributed by atoms with Gasteiger partial charge in [-0.05, 0) is 20.3 Å². The molecule has 1 aromatic rings. The van der Waals surface area contributed by atoms with Gasteiger partial charge in [-0.15, -0.1) is 11.8 Å². The molecule has 0 aliphatic heterocycles. The molecule has 0 saturated carbocycles. The van der Waals surface area contributed by atoms with E-state index in [1.807, 2.05) is 6.07 Å². The van der Waals surface area contributed by atoms with Gasteiger partial charge in [-0.1, -0.05) is 30.3 Å². The topological polar surface area (TPSA) is 43.4 Å². The highest BCUT2D eigenvalue weighted by atomic mass is 16.5. The first kappa shape index (κ1) is 15.0. The van der Waals surface area contributed by atoms with Crippen LogP contribution in [0.4, 0.5) is 0 Å². The number of benzene rings is 1. The van der Waals surface area contributed by atoms with Crippen LogP contribution in [0, 0.1) is 17.8 Å². The van der Waals surface area contributed by atoms with Crippen molar-refractivity contribution in [3.63, 3.8) is 0 Å². The number of hydrogen-bond donors (Lipinski definition) is 0. The Balaban J connectivity index is 2.85. The van der Waals surface area contributed by atoms with Crippen LogP contribution in [0.1, 0.15) is 37.0 Å². The van der Waals surface area contributed by atoms with Gasteiger partial charge >= 0.3 is 5.97 Å². The first-order valence-electron chi connectivity index (χ1n) is 6.36. The van der Waals surface area contributed by atoms with Crippen LogP contribution in [0.15, 0.2) is 30.3 Å². The maximum atomic E-state index is 12.3. The Kier molecular flexibility index (Phi) is 6.38. The molecule has 1 atom stereocenters. The molecule has 100 valence electrons. The summed E-state index contributed by atoms with van der Waals surface area (Å²) in [5.41, 5.74) is 0.532. The lowest BCUT2D eigenvalue weighted by Crippen LogP contribution is -2.26. The van der Waals surface area contributed by atoms with E-state index < -0.39 is 11.9 Å². The van der Waals surface area contributed by atoms with Gasteiger partial charge in [0.05, 0.1) is 6.61 Å². The maximum absolute atomic E-state index is 12.3. The molecule has 1 rings (SSSR count). The summed E-state index contributed by atoms with van der Waals surface area (Å²) in [6, 6.07) is 8.81. The molecular formula is C16H18O3. The maximum Gasteiger partial charge on any atom is 0.316 e. The van der Waals surface area contributed by atoms with Gasteiger partial charge < -0.3 is 4.74 Å². The van der Waals surface area contributed by atoms with Gasteiger partial charge in [-0.2, -0.15) is 0 Å². The average Bonchev–Trinajstić information content (AvgIpc) is 2.44. The highest BCUT2D eigenvalue weighted by molar-refractivity contribution is 6.08. The first-order chi connectivity index (χ1) is 9.20. The monoisotopic (exact) mass is 258 g/mol. The van der Waals surface area contributed by atoms with E-state index >= 15 is 0 Å². The molecule has 0 spiro atoms. The molecule has 0 saturated heterocycles. The average molecular weight is 258 g/mol. The molecule has 0 N–H and O–H groups in total. The van der Waals surface area contributed by atoms with Crippen LogP contribution in [0.5, 0.6) is 0 Å². The molecule has 0 heterocycles. The van der Waals surface area contributed by atoms with E-state index in [2.05, 4.69) is 11.8 Å². The Hall–Kier alpha value is -2.08. The van der Waals surface area contributed by atoms with Crippen molar-refractivity contribution in [3.8, 4) is 11.8 Å². The number of esters is 1. The summed E-state index contributed by atoms with van der Waals surface area (Å²) in [6.45, 7) is 3.74. The van der Waals surface area contributed by atoms with Gasteiger partial charge in [0.1, 0.15) is 5.92 Å². The Bertz CT molecular complexity index is 480. The summed E-state index contributed by atoms with van der Waals surface area (Å²) in [7, 11) is 0. The van der Waals surface area contributed by atoms with Gasteiger partial charge in [0, 0.05) is 12.0 Å². The van der Waals surface area contributed by atoms with E-state index in [1.165, 1.54) is 0 Å². The third kappa shape index (κ3) is 4.59. The van der Waals surface area contributed by atoms with E-state index in [-0.39, 0.29) is 12.4 Å². The van der Waals surface area contributed by atoms with Crippen molar-refractivity contribution < 1.29 is 14.3 Å². The molecular weight excluding hydrogens is 240 g/mol. The second-order valence-corrected chi connectivity index (χ2v) is 4.00. The van der Waals surface area contributed by atoms with E-state index in [4.69, 9.17) is 4.74 Å².